The maximum absolute atomic E-state index is 12.8. The van der Waals surface area contributed by atoms with E-state index in [-0.39, 0.29) is 11.7 Å². The van der Waals surface area contributed by atoms with Crippen LogP contribution in [0.4, 0.5) is 0 Å². The molecule has 6 heteroatoms. The molecular weight excluding hydrogens is 392 g/mol. The Kier molecular flexibility index (Phi) is 5.35. The van der Waals surface area contributed by atoms with Crippen molar-refractivity contribution < 1.29 is 19.4 Å². The summed E-state index contributed by atoms with van der Waals surface area (Å²) in [5.74, 6) is 0.188. The second-order valence-electron chi connectivity index (χ2n) is 8.41. The van der Waals surface area contributed by atoms with Crippen LogP contribution in [0.3, 0.4) is 0 Å². The summed E-state index contributed by atoms with van der Waals surface area (Å²) in [4.78, 5) is 12.8. The van der Waals surface area contributed by atoms with Crippen LogP contribution < -0.4 is 9.47 Å². The van der Waals surface area contributed by atoms with Gasteiger partial charge in [0.05, 0.1) is 37.1 Å². The van der Waals surface area contributed by atoms with Gasteiger partial charge >= 0.3 is 0 Å². The van der Waals surface area contributed by atoms with E-state index in [0.717, 1.165) is 28.2 Å². The molecule has 0 unspecified atom stereocenters. The highest BCUT2D eigenvalue weighted by atomic mass is 16.5. The summed E-state index contributed by atoms with van der Waals surface area (Å²) in [6.07, 6.45) is 0.317. The molecule has 1 N–H and O–H groups in total. The highest BCUT2D eigenvalue weighted by Gasteiger charge is 2.49. The summed E-state index contributed by atoms with van der Waals surface area (Å²) in [5.41, 5.74) is 3.36. The molecule has 0 amide bonds. The maximum Gasteiger partial charge on any atom is 0.161 e. The summed E-state index contributed by atoms with van der Waals surface area (Å²) < 4.78 is 12.8. The van der Waals surface area contributed by atoms with Gasteiger partial charge in [-0.25, -0.2) is 4.68 Å². The molecule has 1 aromatic heterocycles. The molecule has 0 aliphatic heterocycles. The Morgan fingerprint density at radius 1 is 1.13 bits per heavy atom. The number of aromatic nitrogens is 2. The van der Waals surface area contributed by atoms with Gasteiger partial charge in [-0.3, -0.25) is 4.79 Å². The molecule has 31 heavy (non-hydrogen) atoms. The zero-order valence-electron chi connectivity index (χ0n) is 18.5. The van der Waals surface area contributed by atoms with E-state index in [4.69, 9.17) is 14.6 Å². The first-order chi connectivity index (χ1) is 14.8. The van der Waals surface area contributed by atoms with Crippen molar-refractivity contribution in [2.45, 2.75) is 38.7 Å². The van der Waals surface area contributed by atoms with Crippen LogP contribution in [0, 0.1) is 12.8 Å². The number of benzene rings is 2. The smallest absolute Gasteiger partial charge is 0.161 e. The highest BCUT2D eigenvalue weighted by molar-refractivity contribution is 5.82. The van der Waals surface area contributed by atoms with Gasteiger partial charge in [-0.2, -0.15) is 5.10 Å². The van der Waals surface area contributed by atoms with E-state index in [1.165, 1.54) is 0 Å². The Bertz CT molecular complexity index is 1120. The number of hydrogen-bond acceptors (Lipinski definition) is 5. The molecule has 0 saturated carbocycles. The Labute approximate surface area is 182 Å². The molecule has 0 spiro atoms. The predicted octanol–water partition coefficient (Wildman–Crippen LogP) is 3.84. The van der Waals surface area contributed by atoms with Crippen LogP contribution in [0.25, 0.3) is 5.69 Å². The maximum atomic E-state index is 12.8. The third-order valence-electron chi connectivity index (χ3n) is 6.28. The van der Waals surface area contributed by atoms with Crippen molar-refractivity contribution in [3.05, 3.63) is 71.0 Å². The van der Waals surface area contributed by atoms with Gasteiger partial charge in [-0.15, -0.1) is 0 Å². The van der Waals surface area contributed by atoms with E-state index in [9.17, 15) is 9.90 Å². The number of nitrogens with zero attached hydrogens (tertiary/aromatic N) is 2. The zero-order valence-corrected chi connectivity index (χ0v) is 18.5. The van der Waals surface area contributed by atoms with Crippen LogP contribution in [0.15, 0.2) is 48.5 Å². The van der Waals surface area contributed by atoms with Crippen LogP contribution in [0.1, 0.15) is 42.3 Å². The monoisotopic (exact) mass is 420 g/mol. The fourth-order valence-corrected chi connectivity index (χ4v) is 4.98. The van der Waals surface area contributed by atoms with Crippen molar-refractivity contribution in [2.75, 3.05) is 14.2 Å². The number of ether oxygens (including phenoxy) is 2. The van der Waals surface area contributed by atoms with Gasteiger partial charge in [0, 0.05) is 23.6 Å². The molecule has 1 aliphatic carbocycles. The van der Waals surface area contributed by atoms with Crippen molar-refractivity contribution in [3.8, 4) is 17.2 Å². The number of Topliss-reactive ketones (excluding diaryl/α,β-unsaturated/α-hetero) is 1. The number of carbonyl (C=O) groups excluding carboxylic acids is 1. The van der Waals surface area contributed by atoms with Gasteiger partial charge in [0.25, 0.3) is 0 Å². The lowest BCUT2D eigenvalue weighted by Crippen LogP contribution is -2.48. The molecule has 1 aliphatic rings. The number of rotatable bonds is 5. The summed E-state index contributed by atoms with van der Waals surface area (Å²) in [6.45, 7) is 5.30. The van der Waals surface area contributed by atoms with Crippen molar-refractivity contribution in [1.82, 2.24) is 9.78 Å². The quantitative estimate of drug-likeness (QED) is 0.679. The van der Waals surface area contributed by atoms with E-state index >= 15 is 0 Å². The minimum atomic E-state index is -1.22. The molecule has 6 nitrogen and oxygen atoms in total. The topological polar surface area (TPSA) is 73.6 Å². The lowest BCUT2D eigenvalue weighted by molar-refractivity contribution is -0.130. The van der Waals surface area contributed by atoms with Gasteiger partial charge < -0.3 is 14.6 Å². The van der Waals surface area contributed by atoms with Gasteiger partial charge in [0.2, 0.25) is 0 Å². The Hall–Kier alpha value is -3.12. The van der Waals surface area contributed by atoms with Crippen molar-refractivity contribution >= 4 is 5.78 Å². The minimum absolute atomic E-state index is 0.0534. The SMILES string of the molecule is COc1ccc([C@H]2c3c(nn(-c4ccccc4)c3C)C[C@](C)(O)[C@@H]2C(C)=O)cc1OC. The van der Waals surface area contributed by atoms with E-state index in [1.807, 2.05) is 60.1 Å². The second-order valence-corrected chi connectivity index (χ2v) is 8.41. The number of fused-ring (bicyclic) bond motifs is 1. The Morgan fingerprint density at radius 3 is 2.42 bits per heavy atom. The molecule has 4 rings (SSSR count). The van der Waals surface area contributed by atoms with E-state index in [2.05, 4.69) is 0 Å². The van der Waals surface area contributed by atoms with Crippen molar-refractivity contribution in [1.29, 1.82) is 0 Å². The number of ketones is 1. The minimum Gasteiger partial charge on any atom is -0.493 e. The largest absolute Gasteiger partial charge is 0.493 e. The summed E-state index contributed by atoms with van der Waals surface area (Å²) >= 11 is 0. The van der Waals surface area contributed by atoms with Crippen molar-refractivity contribution in [2.24, 2.45) is 5.92 Å². The molecule has 1 heterocycles. The van der Waals surface area contributed by atoms with E-state index < -0.39 is 11.5 Å². The summed E-state index contributed by atoms with van der Waals surface area (Å²) in [7, 11) is 3.18. The van der Waals surface area contributed by atoms with Gasteiger partial charge in [0.1, 0.15) is 5.78 Å². The normalized spacial score (nSPS) is 22.6. The van der Waals surface area contributed by atoms with Gasteiger partial charge in [-0.1, -0.05) is 24.3 Å². The van der Waals surface area contributed by atoms with Crippen LogP contribution in [0.5, 0.6) is 11.5 Å². The third kappa shape index (κ3) is 3.51. The average Bonchev–Trinajstić information content (AvgIpc) is 3.07. The first kappa shape index (κ1) is 21.1. The van der Waals surface area contributed by atoms with Crippen LogP contribution >= 0.6 is 0 Å². The van der Waals surface area contributed by atoms with E-state index in [1.54, 1.807) is 28.1 Å². The Morgan fingerprint density at radius 2 is 1.81 bits per heavy atom. The lowest BCUT2D eigenvalue weighted by atomic mass is 9.64. The number of carbonyl (C=O) groups is 1. The lowest BCUT2D eigenvalue weighted by Gasteiger charge is -2.41. The number of aliphatic hydroxyl groups is 1. The fourth-order valence-electron chi connectivity index (χ4n) is 4.98. The van der Waals surface area contributed by atoms with Crippen LogP contribution in [-0.4, -0.2) is 40.5 Å². The van der Waals surface area contributed by atoms with Gasteiger partial charge in [0.15, 0.2) is 11.5 Å². The predicted molar refractivity (Wildman–Crippen MR) is 118 cm³/mol. The number of para-hydroxylation sites is 1. The number of hydrogen-bond donors (Lipinski definition) is 1. The molecule has 0 fully saturated rings. The molecule has 0 radical (unpaired) electrons. The molecule has 0 saturated heterocycles. The fraction of sp³-hybridized carbons (Fsp3) is 0.360. The highest BCUT2D eigenvalue weighted by Crippen LogP contribution is 2.48. The Balaban J connectivity index is 1.96. The molecular formula is C25H28N2O4. The first-order valence-corrected chi connectivity index (χ1v) is 10.4. The molecule has 2 aromatic carbocycles. The number of methoxy groups -OCH3 is 2. The standard InChI is InChI=1S/C25H28N2O4/c1-15-22-19(26-27(15)18-9-7-6-8-10-18)14-25(3,29)24(16(2)28)23(22)17-11-12-20(30-4)21(13-17)31-5/h6-13,23-24,29H,14H2,1-5H3/t23-,24+,25-/m0/s1. The van der Waals surface area contributed by atoms with E-state index in [0.29, 0.717) is 17.9 Å². The first-order valence-electron chi connectivity index (χ1n) is 10.4. The molecule has 162 valence electrons. The average molecular weight is 421 g/mol. The van der Waals surface area contributed by atoms with Gasteiger partial charge in [-0.05, 0) is 50.6 Å². The third-order valence-corrected chi connectivity index (χ3v) is 6.28. The molecule has 0 bridgehead atoms. The molecule has 3 aromatic rings. The van der Waals surface area contributed by atoms with Crippen molar-refractivity contribution in [3.63, 3.8) is 0 Å². The van der Waals surface area contributed by atoms with Crippen LogP contribution in [0.2, 0.25) is 0 Å². The molecule has 3 atom stereocenters. The zero-order chi connectivity index (χ0) is 22.3. The van der Waals surface area contributed by atoms with Crippen LogP contribution in [-0.2, 0) is 11.2 Å². The summed E-state index contributed by atoms with van der Waals surface area (Å²) in [6, 6.07) is 15.6. The summed E-state index contributed by atoms with van der Waals surface area (Å²) in [5, 5.41) is 16.2. The second kappa shape index (κ2) is 7.85.